The Hall–Kier alpha value is -3.00. The maximum absolute atomic E-state index is 13.2. The average Bonchev–Trinajstić information content (AvgIpc) is 3.14. The number of nitrogens with zero attached hydrogens (tertiary/aromatic N) is 6. The molecule has 9 heteroatoms. The third kappa shape index (κ3) is 3.68. The summed E-state index contributed by atoms with van der Waals surface area (Å²) in [7, 11) is 0. The Balaban J connectivity index is 1.40. The molecule has 1 amide bonds. The molecule has 2 aromatic heterocycles. The fourth-order valence-electron chi connectivity index (χ4n) is 3.12. The molecule has 0 saturated carbocycles. The monoisotopic (exact) mass is 400 g/mol. The highest BCUT2D eigenvalue weighted by molar-refractivity contribution is 6.33. The molecule has 28 heavy (non-hydrogen) atoms. The summed E-state index contributed by atoms with van der Waals surface area (Å²) in [6.07, 6.45) is 1.84. The van der Waals surface area contributed by atoms with Crippen molar-refractivity contribution in [1.29, 1.82) is 0 Å². The van der Waals surface area contributed by atoms with Gasteiger partial charge in [-0.3, -0.25) is 4.79 Å². The second-order valence-corrected chi connectivity index (χ2v) is 6.96. The number of halogens is 2. The third-order valence-electron chi connectivity index (χ3n) is 4.65. The van der Waals surface area contributed by atoms with Crippen molar-refractivity contribution in [3.05, 3.63) is 64.7 Å². The van der Waals surface area contributed by atoms with E-state index < -0.39 is 5.82 Å². The summed E-state index contributed by atoms with van der Waals surface area (Å²) in [4.78, 5) is 16.4. The summed E-state index contributed by atoms with van der Waals surface area (Å²) in [5.74, 6) is 0.745. The number of amides is 1. The van der Waals surface area contributed by atoms with E-state index in [-0.39, 0.29) is 10.9 Å². The van der Waals surface area contributed by atoms with Crippen molar-refractivity contribution in [2.75, 3.05) is 31.1 Å². The van der Waals surface area contributed by atoms with Gasteiger partial charge < -0.3 is 9.80 Å². The Morgan fingerprint density at radius 3 is 2.36 bits per heavy atom. The molecular formula is C19H18ClFN6O. The van der Waals surface area contributed by atoms with Crippen molar-refractivity contribution in [3.63, 3.8) is 0 Å². The van der Waals surface area contributed by atoms with Gasteiger partial charge in [-0.1, -0.05) is 11.6 Å². The molecule has 1 aliphatic rings. The van der Waals surface area contributed by atoms with E-state index in [0.29, 0.717) is 37.6 Å². The summed E-state index contributed by atoms with van der Waals surface area (Å²) in [6.45, 7) is 4.21. The standard InChI is InChI=1S/C19H18ClFN6O/c1-13-6-7-27(24-13)18-5-4-17(22-23-18)25-8-10-26(11-9-25)19(28)15-3-2-14(21)12-16(15)20/h2-7,12H,8-11H2,1H3. The SMILES string of the molecule is Cc1ccn(-c2ccc(N3CCN(C(=O)c4ccc(F)cc4Cl)CC3)nn2)n1. The first-order chi connectivity index (χ1) is 13.5. The zero-order valence-corrected chi connectivity index (χ0v) is 16.0. The first kappa shape index (κ1) is 18.4. The third-order valence-corrected chi connectivity index (χ3v) is 4.96. The van der Waals surface area contributed by atoms with Crippen molar-refractivity contribution < 1.29 is 9.18 Å². The van der Waals surface area contributed by atoms with Crippen LogP contribution in [0.4, 0.5) is 10.2 Å². The van der Waals surface area contributed by atoms with E-state index in [4.69, 9.17) is 11.6 Å². The number of anilines is 1. The second kappa shape index (κ2) is 7.55. The molecule has 0 radical (unpaired) electrons. The Labute approximate surface area is 166 Å². The van der Waals surface area contributed by atoms with E-state index in [9.17, 15) is 9.18 Å². The molecule has 0 N–H and O–H groups in total. The van der Waals surface area contributed by atoms with E-state index in [2.05, 4.69) is 20.2 Å². The summed E-state index contributed by atoms with van der Waals surface area (Å²) >= 11 is 6.01. The van der Waals surface area contributed by atoms with Crippen molar-refractivity contribution in [3.8, 4) is 5.82 Å². The van der Waals surface area contributed by atoms with Crippen molar-refractivity contribution >= 4 is 23.3 Å². The van der Waals surface area contributed by atoms with E-state index in [0.717, 1.165) is 17.6 Å². The lowest BCUT2D eigenvalue weighted by Gasteiger charge is -2.35. The molecule has 1 saturated heterocycles. The van der Waals surface area contributed by atoms with Crippen LogP contribution in [0.25, 0.3) is 5.82 Å². The molecule has 1 fully saturated rings. The topological polar surface area (TPSA) is 67.2 Å². The van der Waals surface area contributed by atoms with Gasteiger partial charge in [0.15, 0.2) is 11.6 Å². The Kier molecular flexibility index (Phi) is 4.95. The largest absolute Gasteiger partial charge is 0.352 e. The van der Waals surface area contributed by atoms with Crippen LogP contribution in [-0.2, 0) is 0 Å². The van der Waals surface area contributed by atoms with Gasteiger partial charge in [-0.05, 0) is 43.3 Å². The van der Waals surface area contributed by atoms with Crippen LogP contribution in [0.3, 0.4) is 0 Å². The van der Waals surface area contributed by atoms with Gasteiger partial charge in [-0.25, -0.2) is 9.07 Å². The van der Waals surface area contributed by atoms with Gasteiger partial charge in [0.05, 0.1) is 16.3 Å². The van der Waals surface area contributed by atoms with Crippen LogP contribution in [-0.4, -0.2) is 57.0 Å². The molecule has 0 atom stereocenters. The van der Waals surface area contributed by atoms with E-state index in [1.54, 1.807) is 9.58 Å². The summed E-state index contributed by atoms with van der Waals surface area (Å²) in [5.41, 5.74) is 1.23. The molecular weight excluding hydrogens is 383 g/mol. The first-order valence-electron chi connectivity index (χ1n) is 8.87. The molecule has 1 aliphatic heterocycles. The number of aromatic nitrogens is 4. The highest BCUT2D eigenvalue weighted by atomic mass is 35.5. The maximum Gasteiger partial charge on any atom is 0.255 e. The predicted octanol–water partition coefficient (Wildman–Crippen LogP) is 2.73. The zero-order chi connectivity index (χ0) is 19.7. The number of benzene rings is 1. The molecule has 0 aliphatic carbocycles. The highest BCUT2D eigenvalue weighted by Gasteiger charge is 2.24. The number of carbonyl (C=O) groups is 1. The number of rotatable bonds is 3. The molecule has 1 aromatic carbocycles. The first-order valence-corrected chi connectivity index (χ1v) is 9.25. The van der Waals surface area contributed by atoms with Gasteiger partial charge in [0.25, 0.3) is 5.91 Å². The quantitative estimate of drug-likeness (QED) is 0.676. The van der Waals surface area contributed by atoms with Crippen LogP contribution in [0, 0.1) is 12.7 Å². The summed E-state index contributed by atoms with van der Waals surface area (Å²) < 4.78 is 14.9. The maximum atomic E-state index is 13.2. The van der Waals surface area contributed by atoms with Crippen LogP contribution in [0.5, 0.6) is 0 Å². The van der Waals surface area contributed by atoms with Gasteiger partial charge in [-0.15, -0.1) is 10.2 Å². The van der Waals surface area contributed by atoms with E-state index in [1.807, 2.05) is 31.3 Å². The van der Waals surface area contributed by atoms with Crippen molar-refractivity contribution in [2.24, 2.45) is 0 Å². The molecule has 4 rings (SSSR count). The predicted molar refractivity (Wildman–Crippen MR) is 103 cm³/mol. The fraction of sp³-hybridized carbons (Fsp3) is 0.263. The smallest absolute Gasteiger partial charge is 0.255 e. The number of piperazine rings is 1. The second-order valence-electron chi connectivity index (χ2n) is 6.55. The Morgan fingerprint density at radius 2 is 1.75 bits per heavy atom. The van der Waals surface area contributed by atoms with Gasteiger partial charge >= 0.3 is 0 Å². The molecule has 0 bridgehead atoms. The Morgan fingerprint density at radius 1 is 1.04 bits per heavy atom. The van der Waals surface area contributed by atoms with Gasteiger partial charge in [0.2, 0.25) is 0 Å². The van der Waals surface area contributed by atoms with Gasteiger partial charge in [0, 0.05) is 32.4 Å². The molecule has 3 aromatic rings. The molecule has 3 heterocycles. The Bertz CT molecular complexity index is 998. The molecule has 144 valence electrons. The molecule has 0 spiro atoms. The minimum atomic E-state index is -0.460. The minimum absolute atomic E-state index is 0.128. The van der Waals surface area contributed by atoms with Crippen LogP contribution < -0.4 is 4.90 Å². The van der Waals surface area contributed by atoms with Crippen LogP contribution in [0.1, 0.15) is 16.1 Å². The summed E-state index contributed by atoms with van der Waals surface area (Å²) in [6, 6.07) is 9.49. The molecule has 0 unspecified atom stereocenters. The van der Waals surface area contributed by atoms with Crippen molar-refractivity contribution in [2.45, 2.75) is 6.92 Å². The normalized spacial score (nSPS) is 14.4. The number of carbonyl (C=O) groups excluding carboxylic acids is 1. The van der Waals surface area contributed by atoms with Crippen LogP contribution in [0.15, 0.2) is 42.6 Å². The lowest BCUT2D eigenvalue weighted by molar-refractivity contribution is 0.0746. The number of aryl methyl sites for hydroxylation is 1. The van der Waals surface area contributed by atoms with Gasteiger partial charge in [-0.2, -0.15) is 5.10 Å². The van der Waals surface area contributed by atoms with Gasteiger partial charge in [0.1, 0.15) is 5.82 Å². The summed E-state index contributed by atoms with van der Waals surface area (Å²) in [5, 5.41) is 13.0. The minimum Gasteiger partial charge on any atom is -0.352 e. The fourth-order valence-corrected chi connectivity index (χ4v) is 3.37. The highest BCUT2D eigenvalue weighted by Crippen LogP contribution is 2.21. The zero-order valence-electron chi connectivity index (χ0n) is 15.2. The average molecular weight is 401 g/mol. The molecule has 7 nitrogen and oxygen atoms in total. The number of hydrogen-bond acceptors (Lipinski definition) is 5. The van der Waals surface area contributed by atoms with Crippen LogP contribution >= 0.6 is 11.6 Å². The van der Waals surface area contributed by atoms with Crippen molar-refractivity contribution in [1.82, 2.24) is 24.9 Å². The van der Waals surface area contributed by atoms with Crippen LogP contribution in [0.2, 0.25) is 5.02 Å². The lowest BCUT2D eigenvalue weighted by Crippen LogP contribution is -2.49. The van der Waals surface area contributed by atoms with E-state index >= 15 is 0 Å². The van der Waals surface area contributed by atoms with E-state index in [1.165, 1.54) is 12.1 Å². The number of hydrogen-bond donors (Lipinski definition) is 0. The lowest BCUT2D eigenvalue weighted by atomic mass is 10.1.